The second-order valence-corrected chi connectivity index (χ2v) is 4.40. The highest BCUT2D eigenvalue weighted by Gasteiger charge is 2.11. The van der Waals surface area contributed by atoms with E-state index < -0.39 is 12.0 Å². The summed E-state index contributed by atoms with van der Waals surface area (Å²) in [6, 6.07) is 5.98. The van der Waals surface area contributed by atoms with Crippen molar-refractivity contribution in [2.24, 2.45) is 5.73 Å². The Balaban J connectivity index is 2.92. The molecule has 0 aliphatic carbocycles. The van der Waals surface area contributed by atoms with Crippen LogP contribution >= 0.6 is 0 Å². The minimum absolute atomic E-state index is 0.436. The van der Waals surface area contributed by atoms with Gasteiger partial charge in [-0.05, 0) is 43.0 Å². The highest BCUT2D eigenvalue weighted by Crippen LogP contribution is 2.23. The third-order valence-electron chi connectivity index (χ3n) is 2.45. The van der Waals surface area contributed by atoms with E-state index >= 15 is 0 Å². The second-order valence-electron chi connectivity index (χ2n) is 4.40. The number of primary amides is 1. The molecule has 16 heavy (non-hydrogen) atoms. The number of hydrogen-bond acceptors (Lipinski definition) is 2. The van der Waals surface area contributed by atoms with Gasteiger partial charge in [-0.25, -0.2) is 0 Å². The van der Waals surface area contributed by atoms with Crippen LogP contribution in [0.15, 0.2) is 18.2 Å². The normalized spacial score (nSPS) is 12.6. The van der Waals surface area contributed by atoms with Crippen molar-refractivity contribution in [2.75, 3.05) is 0 Å². The standard InChI is InChI=1S/C13H19NO2/c1-8(2)11-5-9(3)6-12(7-11)16-10(4)13(14)15/h5-8,10H,1-4H3,(H2,14,15). The van der Waals surface area contributed by atoms with Gasteiger partial charge in [0.1, 0.15) is 5.75 Å². The number of nitrogens with two attached hydrogens (primary N) is 1. The van der Waals surface area contributed by atoms with Gasteiger partial charge in [-0.3, -0.25) is 4.79 Å². The maximum absolute atomic E-state index is 10.9. The van der Waals surface area contributed by atoms with E-state index in [4.69, 9.17) is 10.5 Å². The van der Waals surface area contributed by atoms with Crippen LogP contribution in [0.3, 0.4) is 0 Å². The number of hydrogen-bond donors (Lipinski definition) is 1. The first-order chi connectivity index (χ1) is 7.40. The molecule has 3 heteroatoms. The van der Waals surface area contributed by atoms with Crippen molar-refractivity contribution in [1.29, 1.82) is 0 Å². The van der Waals surface area contributed by atoms with E-state index in [-0.39, 0.29) is 0 Å². The monoisotopic (exact) mass is 221 g/mol. The van der Waals surface area contributed by atoms with Gasteiger partial charge < -0.3 is 10.5 Å². The van der Waals surface area contributed by atoms with Crippen LogP contribution < -0.4 is 10.5 Å². The maximum atomic E-state index is 10.9. The zero-order valence-corrected chi connectivity index (χ0v) is 10.3. The van der Waals surface area contributed by atoms with E-state index in [0.29, 0.717) is 11.7 Å². The molecule has 0 bridgehead atoms. The molecule has 0 spiro atoms. The first kappa shape index (κ1) is 12.6. The fourth-order valence-electron chi connectivity index (χ4n) is 1.44. The van der Waals surface area contributed by atoms with Crippen molar-refractivity contribution < 1.29 is 9.53 Å². The molecule has 0 heterocycles. The van der Waals surface area contributed by atoms with Gasteiger partial charge in [0.05, 0.1) is 0 Å². The predicted molar refractivity (Wildman–Crippen MR) is 64.6 cm³/mol. The highest BCUT2D eigenvalue weighted by molar-refractivity contribution is 5.78. The highest BCUT2D eigenvalue weighted by atomic mass is 16.5. The molecule has 0 aliphatic heterocycles. The molecule has 0 radical (unpaired) electrons. The fraction of sp³-hybridized carbons (Fsp3) is 0.462. The average Bonchev–Trinajstić information content (AvgIpc) is 2.16. The van der Waals surface area contributed by atoms with E-state index in [1.165, 1.54) is 5.56 Å². The number of carbonyl (C=O) groups is 1. The smallest absolute Gasteiger partial charge is 0.258 e. The molecule has 88 valence electrons. The molecule has 1 rings (SSSR count). The Hall–Kier alpha value is -1.51. The maximum Gasteiger partial charge on any atom is 0.258 e. The average molecular weight is 221 g/mol. The third-order valence-corrected chi connectivity index (χ3v) is 2.45. The molecule has 1 amide bonds. The van der Waals surface area contributed by atoms with Crippen LogP contribution in [-0.2, 0) is 4.79 Å². The molecule has 0 saturated carbocycles. The first-order valence-corrected chi connectivity index (χ1v) is 5.47. The lowest BCUT2D eigenvalue weighted by Crippen LogP contribution is -2.30. The van der Waals surface area contributed by atoms with Crippen molar-refractivity contribution in [3.8, 4) is 5.75 Å². The van der Waals surface area contributed by atoms with Crippen molar-refractivity contribution in [3.05, 3.63) is 29.3 Å². The van der Waals surface area contributed by atoms with Crippen molar-refractivity contribution in [1.82, 2.24) is 0 Å². The van der Waals surface area contributed by atoms with E-state index in [9.17, 15) is 4.79 Å². The van der Waals surface area contributed by atoms with Gasteiger partial charge in [0, 0.05) is 0 Å². The second kappa shape index (κ2) is 5.01. The molecule has 0 saturated heterocycles. The Morgan fingerprint density at radius 3 is 2.38 bits per heavy atom. The van der Waals surface area contributed by atoms with E-state index in [1.54, 1.807) is 6.92 Å². The Morgan fingerprint density at radius 1 is 1.25 bits per heavy atom. The molecule has 1 aromatic carbocycles. The van der Waals surface area contributed by atoms with E-state index in [0.717, 1.165) is 5.56 Å². The molecule has 3 nitrogen and oxygen atoms in total. The summed E-state index contributed by atoms with van der Waals surface area (Å²) in [4.78, 5) is 10.9. The largest absolute Gasteiger partial charge is 0.481 e. The summed E-state index contributed by atoms with van der Waals surface area (Å²) < 4.78 is 5.47. The zero-order chi connectivity index (χ0) is 12.3. The van der Waals surface area contributed by atoms with Gasteiger partial charge in [0.2, 0.25) is 0 Å². The van der Waals surface area contributed by atoms with Crippen molar-refractivity contribution in [2.45, 2.75) is 39.7 Å². The summed E-state index contributed by atoms with van der Waals surface area (Å²) in [5, 5.41) is 0. The van der Waals surface area contributed by atoms with Gasteiger partial charge in [0.25, 0.3) is 5.91 Å². The first-order valence-electron chi connectivity index (χ1n) is 5.47. The number of aryl methyl sites for hydroxylation is 1. The summed E-state index contributed by atoms with van der Waals surface area (Å²) in [7, 11) is 0. The van der Waals surface area contributed by atoms with Gasteiger partial charge in [-0.2, -0.15) is 0 Å². The Kier molecular flexibility index (Phi) is 3.93. The Bertz CT molecular complexity index is 386. The molecule has 1 atom stereocenters. The van der Waals surface area contributed by atoms with Gasteiger partial charge in [0.15, 0.2) is 6.10 Å². The summed E-state index contributed by atoms with van der Waals surface area (Å²) in [5.41, 5.74) is 7.48. The molecular weight excluding hydrogens is 202 g/mol. The van der Waals surface area contributed by atoms with Crippen molar-refractivity contribution >= 4 is 5.91 Å². The number of benzene rings is 1. The van der Waals surface area contributed by atoms with Gasteiger partial charge in [-0.1, -0.05) is 19.9 Å². The van der Waals surface area contributed by atoms with Gasteiger partial charge >= 0.3 is 0 Å². The van der Waals surface area contributed by atoms with Crippen LogP contribution in [0.5, 0.6) is 5.75 Å². The number of amides is 1. The van der Waals surface area contributed by atoms with Crippen LogP contribution in [0.2, 0.25) is 0 Å². The van der Waals surface area contributed by atoms with Crippen LogP contribution in [-0.4, -0.2) is 12.0 Å². The Morgan fingerprint density at radius 2 is 1.88 bits per heavy atom. The SMILES string of the molecule is Cc1cc(OC(C)C(N)=O)cc(C(C)C)c1. The molecular formula is C13H19NO2. The lowest BCUT2D eigenvalue weighted by Gasteiger charge is -2.14. The van der Waals surface area contributed by atoms with Crippen LogP contribution in [0.4, 0.5) is 0 Å². The zero-order valence-electron chi connectivity index (χ0n) is 10.3. The Labute approximate surface area is 96.6 Å². The number of ether oxygens (including phenoxy) is 1. The quantitative estimate of drug-likeness (QED) is 0.848. The summed E-state index contributed by atoms with van der Waals surface area (Å²) >= 11 is 0. The van der Waals surface area contributed by atoms with Crippen LogP contribution in [0, 0.1) is 6.92 Å². The minimum Gasteiger partial charge on any atom is -0.481 e. The molecule has 0 aliphatic rings. The van der Waals surface area contributed by atoms with Crippen LogP contribution in [0.25, 0.3) is 0 Å². The molecule has 1 aromatic rings. The van der Waals surface area contributed by atoms with Gasteiger partial charge in [-0.15, -0.1) is 0 Å². The lowest BCUT2D eigenvalue weighted by molar-refractivity contribution is -0.123. The fourth-order valence-corrected chi connectivity index (χ4v) is 1.44. The summed E-state index contributed by atoms with van der Waals surface area (Å²) in [6.45, 7) is 7.90. The molecule has 1 unspecified atom stereocenters. The molecule has 0 aromatic heterocycles. The van der Waals surface area contributed by atoms with E-state index in [2.05, 4.69) is 19.9 Å². The summed E-state index contributed by atoms with van der Waals surface area (Å²) in [5.74, 6) is 0.689. The predicted octanol–water partition coefficient (Wildman–Crippen LogP) is 2.37. The number of carbonyl (C=O) groups excluding carboxylic acids is 1. The number of rotatable bonds is 4. The molecule has 2 N–H and O–H groups in total. The van der Waals surface area contributed by atoms with E-state index in [1.807, 2.05) is 19.1 Å². The topological polar surface area (TPSA) is 52.3 Å². The van der Waals surface area contributed by atoms with Crippen molar-refractivity contribution in [3.63, 3.8) is 0 Å². The lowest BCUT2D eigenvalue weighted by atomic mass is 10.0. The van der Waals surface area contributed by atoms with Crippen LogP contribution in [0.1, 0.15) is 37.8 Å². The third kappa shape index (κ3) is 3.26. The minimum atomic E-state index is -0.596. The summed E-state index contributed by atoms with van der Waals surface area (Å²) in [6.07, 6.45) is -0.596. The molecule has 0 fully saturated rings.